The average Bonchev–Trinajstić information content (AvgIpc) is 3.42. The minimum absolute atomic E-state index is 0.0359. The van der Waals surface area contributed by atoms with E-state index >= 15 is 0 Å². The normalized spacial score (nSPS) is 16.8. The number of Topliss-reactive ketones (excluding diaryl/α,β-unsaturated/α-hetero) is 1. The first-order valence-electron chi connectivity index (χ1n) is 10.4. The molecular weight excluding hydrogens is 424 g/mol. The molecule has 1 atom stereocenters. The summed E-state index contributed by atoms with van der Waals surface area (Å²) in [6, 6.07) is 10.6. The lowest BCUT2D eigenvalue weighted by Gasteiger charge is -2.27. The zero-order valence-electron chi connectivity index (χ0n) is 18.8. The number of aliphatic hydroxyl groups is 1. The van der Waals surface area contributed by atoms with Crippen LogP contribution in [0.2, 0.25) is 0 Å². The average molecular weight is 451 g/mol. The Morgan fingerprint density at radius 1 is 1.19 bits per heavy atom. The summed E-state index contributed by atoms with van der Waals surface area (Å²) in [6.07, 6.45) is 1.53. The van der Waals surface area contributed by atoms with Crippen LogP contribution in [0.5, 0.6) is 0 Å². The Kier molecular flexibility index (Phi) is 5.54. The highest BCUT2D eigenvalue weighted by Gasteiger charge is 2.44. The second-order valence-corrected chi connectivity index (χ2v) is 10.2. The molecule has 1 aliphatic heterocycles. The summed E-state index contributed by atoms with van der Waals surface area (Å²) in [5, 5.41) is 11.6. The molecule has 1 amide bonds. The van der Waals surface area contributed by atoms with E-state index < -0.39 is 17.7 Å². The van der Waals surface area contributed by atoms with Gasteiger partial charge in [-0.2, -0.15) is 0 Å². The van der Waals surface area contributed by atoms with E-state index in [0.717, 1.165) is 16.1 Å². The van der Waals surface area contributed by atoms with Crippen molar-refractivity contribution in [2.45, 2.75) is 52.6 Å². The molecule has 3 heterocycles. The lowest BCUT2D eigenvalue weighted by atomic mass is 9.85. The van der Waals surface area contributed by atoms with Crippen molar-refractivity contribution < 1.29 is 19.1 Å². The summed E-state index contributed by atoms with van der Waals surface area (Å²) in [5.41, 5.74) is 2.53. The summed E-state index contributed by atoms with van der Waals surface area (Å²) < 4.78 is 5.44. The maximum atomic E-state index is 13.5. The van der Waals surface area contributed by atoms with Gasteiger partial charge in [0.05, 0.1) is 40.0 Å². The molecule has 7 heteroatoms. The van der Waals surface area contributed by atoms with E-state index in [1.807, 2.05) is 31.2 Å². The van der Waals surface area contributed by atoms with Gasteiger partial charge in [0.1, 0.15) is 5.76 Å². The quantitative estimate of drug-likeness (QED) is 0.524. The molecule has 1 unspecified atom stereocenters. The Bertz CT molecular complexity index is 1200. The van der Waals surface area contributed by atoms with E-state index in [2.05, 4.69) is 25.8 Å². The zero-order chi connectivity index (χ0) is 23.2. The Morgan fingerprint density at radius 3 is 2.41 bits per heavy atom. The van der Waals surface area contributed by atoms with Gasteiger partial charge in [0.25, 0.3) is 5.91 Å². The van der Waals surface area contributed by atoms with Crippen LogP contribution in [0.15, 0.2) is 58.4 Å². The second-order valence-electron chi connectivity index (χ2n) is 9.03. The molecule has 0 aliphatic carbocycles. The third kappa shape index (κ3) is 3.88. The van der Waals surface area contributed by atoms with Crippen LogP contribution >= 0.6 is 11.3 Å². The van der Waals surface area contributed by atoms with Crippen LogP contribution in [0.25, 0.3) is 0 Å². The van der Waals surface area contributed by atoms with E-state index in [4.69, 9.17) is 4.42 Å². The van der Waals surface area contributed by atoms with Crippen molar-refractivity contribution in [3.05, 3.63) is 86.5 Å². The number of aliphatic hydroxyl groups excluding tert-OH is 1. The first kappa shape index (κ1) is 22.0. The number of nitrogens with zero attached hydrogens (tertiary/aromatic N) is 2. The molecule has 0 radical (unpaired) electrons. The fraction of sp³-hybridized carbons (Fsp3) is 0.320. The van der Waals surface area contributed by atoms with E-state index in [-0.39, 0.29) is 23.3 Å². The summed E-state index contributed by atoms with van der Waals surface area (Å²) in [5.74, 6) is -0.905. The molecule has 32 heavy (non-hydrogen) atoms. The van der Waals surface area contributed by atoms with Crippen molar-refractivity contribution in [3.63, 3.8) is 0 Å². The van der Waals surface area contributed by atoms with Crippen LogP contribution in [0.1, 0.15) is 64.1 Å². The van der Waals surface area contributed by atoms with E-state index in [1.54, 1.807) is 19.1 Å². The molecular formula is C25H26N2O4S. The number of furan rings is 1. The molecule has 6 nitrogen and oxygen atoms in total. The van der Waals surface area contributed by atoms with Crippen LogP contribution in [-0.4, -0.2) is 26.7 Å². The maximum absolute atomic E-state index is 13.5. The molecule has 0 bridgehead atoms. The van der Waals surface area contributed by atoms with Crippen LogP contribution in [-0.2, 0) is 16.8 Å². The van der Waals surface area contributed by atoms with Crippen molar-refractivity contribution in [2.24, 2.45) is 0 Å². The molecule has 0 fully saturated rings. The van der Waals surface area contributed by atoms with Crippen molar-refractivity contribution in [1.82, 2.24) is 9.88 Å². The van der Waals surface area contributed by atoms with Crippen molar-refractivity contribution >= 4 is 23.0 Å². The fourth-order valence-electron chi connectivity index (χ4n) is 4.00. The van der Waals surface area contributed by atoms with Crippen LogP contribution < -0.4 is 0 Å². The standard InChI is InChI=1S/C25H26N2O4S/c1-14-23(32-15(2)26-14)21(28)19-20(16-8-10-17(11-9-16)25(3,4)5)27(24(30)22(19)29)13-18-7-6-12-31-18/h6-12,20,29H,13H2,1-5H3. The summed E-state index contributed by atoms with van der Waals surface area (Å²) in [6.45, 7) is 10.1. The molecule has 0 saturated heterocycles. The Labute approximate surface area is 191 Å². The lowest BCUT2D eigenvalue weighted by molar-refractivity contribution is -0.130. The van der Waals surface area contributed by atoms with Crippen LogP contribution in [0, 0.1) is 13.8 Å². The van der Waals surface area contributed by atoms with Gasteiger partial charge in [0.15, 0.2) is 5.76 Å². The predicted molar refractivity (Wildman–Crippen MR) is 123 cm³/mol. The number of ketones is 1. The molecule has 0 spiro atoms. The van der Waals surface area contributed by atoms with Gasteiger partial charge in [-0.1, -0.05) is 45.0 Å². The number of aromatic nitrogens is 1. The van der Waals surface area contributed by atoms with Crippen molar-refractivity contribution in [3.8, 4) is 0 Å². The third-order valence-electron chi connectivity index (χ3n) is 5.66. The van der Waals surface area contributed by atoms with E-state index in [9.17, 15) is 14.7 Å². The van der Waals surface area contributed by atoms with Crippen LogP contribution in [0.4, 0.5) is 0 Å². The van der Waals surface area contributed by atoms with Crippen molar-refractivity contribution in [2.75, 3.05) is 0 Å². The second kappa shape index (κ2) is 8.06. The number of rotatable bonds is 5. The minimum atomic E-state index is -0.726. The third-order valence-corrected chi connectivity index (χ3v) is 6.73. The number of amides is 1. The number of hydrogen-bond donors (Lipinski definition) is 1. The molecule has 0 saturated carbocycles. The Morgan fingerprint density at radius 2 is 1.88 bits per heavy atom. The number of hydrogen-bond acceptors (Lipinski definition) is 6. The van der Waals surface area contributed by atoms with Gasteiger partial charge in [0.2, 0.25) is 5.78 Å². The minimum Gasteiger partial charge on any atom is -0.503 e. The van der Waals surface area contributed by atoms with Gasteiger partial charge in [0, 0.05) is 0 Å². The lowest BCUT2D eigenvalue weighted by Crippen LogP contribution is -2.30. The number of aryl methyl sites for hydroxylation is 2. The summed E-state index contributed by atoms with van der Waals surface area (Å²) in [4.78, 5) is 32.9. The number of thiazole rings is 1. The first-order valence-corrected chi connectivity index (χ1v) is 11.2. The van der Waals surface area contributed by atoms with Gasteiger partial charge in [-0.15, -0.1) is 11.3 Å². The number of carbonyl (C=O) groups is 2. The van der Waals surface area contributed by atoms with Crippen LogP contribution in [0.3, 0.4) is 0 Å². The van der Waals surface area contributed by atoms with E-state index in [1.165, 1.54) is 22.5 Å². The van der Waals surface area contributed by atoms with Crippen molar-refractivity contribution in [1.29, 1.82) is 0 Å². The summed E-state index contributed by atoms with van der Waals surface area (Å²) >= 11 is 1.27. The van der Waals surface area contributed by atoms with Gasteiger partial charge in [-0.05, 0) is 42.5 Å². The highest BCUT2D eigenvalue weighted by molar-refractivity contribution is 7.14. The highest BCUT2D eigenvalue weighted by Crippen LogP contribution is 2.41. The predicted octanol–water partition coefficient (Wildman–Crippen LogP) is 5.43. The number of benzene rings is 1. The monoisotopic (exact) mass is 450 g/mol. The SMILES string of the molecule is Cc1nc(C)c(C(=O)C2=C(O)C(=O)N(Cc3ccco3)C2c2ccc(C(C)(C)C)cc2)s1. The Hall–Kier alpha value is -3.19. The van der Waals surface area contributed by atoms with Gasteiger partial charge in [-0.25, -0.2) is 4.98 Å². The van der Waals surface area contributed by atoms with Gasteiger partial charge in [-0.3, -0.25) is 9.59 Å². The Balaban J connectivity index is 1.81. The molecule has 2 aromatic heterocycles. The molecule has 3 aromatic rings. The first-order chi connectivity index (χ1) is 15.1. The largest absolute Gasteiger partial charge is 0.503 e. The maximum Gasteiger partial charge on any atom is 0.290 e. The zero-order valence-corrected chi connectivity index (χ0v) is 19.6. The van der Waals surface area contributed by atoms with Gasteiger partial charge >= 0.3 is 0 Å². The number of carbonyl (C=O) groups excluding carboxylic acids is 2. The summed E-state index contributed by atoms with van der Waals surface area (Å²) in [7, 11) is 0. The molecule has 1 aliphatic rings. The topological polar surface area (TPSA) is 83.6 Å². The smallest absolute Gasteiger partial charge is 0.290 e. The molecule has 1 N–H and O–H groups in total. The van der Waals surface area contributed by atoms with E-state index in [0.29, 0.717) is 16.3 Å². The highest BCUT2D eigenvalue weighted by atomic mass is 32.1. The molecule has 4 rings (SSSR count). The molecule has 1 aromatic carbocycles. The fourth-order valence-corrected chi connectivity index (χ4v) is 4.87. The van der Waals surface area contributed by atoms with Gasteiger partial charge < -0.3 is 14.4 Å². The molecule has 166 valence electrons.